The van der Waals surface area contributed by atoms with Crippen molar-refractivity contribution in [3.05, 3.63) is 52.8 Å². The fourth-order valence-electron chi connectivity index (χ4n) is 2.75. The molecule has 0 saturated heterocycles. The first-order chi connectivity index (χ1) is 11.7. The molecule has 0 atom stereocenters. The van der Waals surface area contributed by atoms with Crippen molar-refractivity contribution in [1.82, 2.24) is 10.1 Å². The number of nitrogens with zero attached hydrogens (tertiary/aromatic N) is 3. The zero-order valence-electron chi connectivity index (χ0n) is 13.0. The smallest absolute Gasteiger partial charge is 0.259 e. The summed E-state index contributed by atoms with van der Waals surface area (Å²) < 4.78 is 5.26. The first kappa shape index (κ1) is 14.4. The average Bonchev–Trinajstić information content (AvgIpc) is 3.38. The Bertz CT molecular complexity index is 996. The van der Waals surface area contributed by atoms with Crippen LogP contribution in [0.4, 0.5) is 5.69 Å². The Labute approximate surface area is 138 Å². The molecule has 4 rings (SSSR count). The SMILES string of the molecule is Cc1noc2nc(C3CC3)cc(C(=O)Nc3cccc(C#N)c3)c12. The third-order valence-corrected chi connectivity index (χ3v) is 4.13. The minimum atomic E-state index is -0.259. The van der Waals surface area contributed by atoms with Crippen molar-refractivity contribution in [2.75, 3.05) is 5.32 Å². The van der Waals surface area contributed by atoms with Crippen molar-refractivity contribution in [2.24, 2.45) is 0 Å². The predicted octanol–water partition coefficient (Wildman–Crippen LogP) is 3.53. The maximum absolute atomic E-state index is 12.8. The molecule has 0 spiro atoms. The summed E-state index contributed by atoms with van der Waals surface area (Å²) in [7, 11) is 0. The fourth-order valence-corrected chi connectivity index (χ4v) is 2.75. The van der Waals surface area contributed by atoms with E-state index in [4.69, 9.17) is 9.78 Å². The van der Waals surface area contributed by atoms with Crippen molar-refractivity contribution < 1.29 is 9.32 Å². The number of aromatic nitrogens is 2. The molecule has 1 aliphatic rings. The number of fused-ring (bicyclic) bond motifs is 1. The van der Waals surface area contributed by atoms with Gasteiger partial charge >= 0.3 is 0 Å². The van der Waals surface area contributed by atoms with Gasteiger partial charge in [-0.1, -0.05) is 11.2 Å². The molecule has 2 aromatic heterocycles. The molecule has 1 saturated carbocycles. The molecule has 0 radical (unpaired) electrons. The van der Waals surface area contributed by atoms with Gasteiger partial charge in [-0.25, -0.2) is 4.98 Å². The quantitative estimate of drug-likeness (QED) is 0.797. The fraction of sp³-hybridized carbons (Fsp3) is 0.222. The van der Waals surface area contributed by atoms with Crippen LogP contribution in [0.2, 0.25) is 0 Å². The lowest BCUT2D eigenvalue weighted by Gasteiger charge is -2.08. The van der Waals surface area contributed by atoms with Crippen LogP contribution in [0, 0.1) is 18.3 Å². The van der Waals surface area contributed by atoms with Gasteiger partial charge in [-0.3, -0.25) is 4.79 Å². The summed E-state index contributed by atoms with van der Waals surface area (Å²) in [6.07, 6.45) is 2.16. The second kappa shape index (κ2) is 5.46. The van der Waals surface area contributed by atoms with E-state index in [1.165, 1.54) is 0 Å². The molecule has 1 fully saturated rings. The van der Waals surface area contributed by atoms with Crippen LogP contribution in [-0.4, -0.2) is 16.0 Å². The van der Waals surface area contributed by atoms with Crippen molar-refractivity contribution >= 4 is 22.7 Å². The Kier molecular flexibility index (Phi) is 3.28. The molecular formula is C18H14N4O2. The number of rotatable bonds is 3. The molecule has 24 heavy (non-hydrogen) atoms. The Balaban J connectivity index is 1.75. The van der Waals surface area contributed by atoms with E-state index in [-0.39, 0.29) is 5.91 Å². The molecule has 1 aromatic carbocycles. The molecule has 118 valence electrons. The van der Waals surface area contributed by atoms with Crippen molar-refractivity contribution in [3.63, 3.8) is 0 Å². The van der Waals surface area contributed by atoms with Gasteiger partial charge in [-0.2, -0.15) is 5.26 Å². The maximum Gasteiger partial charge on any atom is 0.259 e. The van der Waals surface area contributed by atoms with E-state index >= 15 is 0 Å². The summed E-state index contributed by atoms with van der Waals surface area (Å²) in [5.41, 5.74) is 3.47. The second-order valence-corrected chi connectivity index (χ2v) is 5.96. The summed E-state index contributed by atoms with van der Waals surface area (Å²) in [6.45, 7) is 1.79. The number of carbonyl (C=O) groups is 1. The normalized spacial score (nSPS) is 13.7. The van der Waals surface area contributed by atoms with Gasteiger partial charge in [0, 0.05) is 17.3 Å². The van der Waals surface area contributed by atoms with Crippen LogP contribution in [0.15, 0.2) is 34.9 Å². The predicted molar refractivity (Wildman–Crippen MR) is 87.6 cm³/mol. The summed E-state index contributed by atoms with van der Waals surface area (Å²) >= 11 is 0. The van der Waals surface area contributed by atoms with E-state index in [9.17, 15) is 4.79 Å². The van der Waals surface area contributed by atoms with Crippen molar-refractivity contribution in [3.8, 4) is 6.07 Å². The van der Waals surface area contributed by atoms with Gasteiger partial charge in [-0.15, -0.1) is 0 Å². The summed E-state index contributed by atoms with van der Waals surface area (Å²) in [5, 5.41) is 16.4. The van der Waals surface area contributed by atoms with Gasteiger partial charge in [-0.05, 0) is 44.0 Å². The van der Waals surface area contributed by atoms with Gasteiger partial charge in [0.05, 0.1) is 28.3 Å². The lowest BCUT2D eigenvalue weighted by Crippen LogP contribution is -2.13. The lowest BCUT2D eigenvalue weighted by molar-refractivity contribution is 0.102. The van der Waals surface area contributed by atoms with Crippen molar-refractivity contribution in [2.45, 2.75) is 25.7 Å². The molecule has 6 heteroatoms. The largest absolute Gasteiger partial charge is 0.336 e. The standard InChI is InChI=1S/C18H14N4O2/c1-10-16-14(8-15(12-5-6-12)21-18(16)24-22-10)17(23)20-13-4-2-3-11(7-13)9-19/h2-4,7-8,12H,5-6H2,1H3,(H,20,23). The number of benzene rings is 1. The van der Waals surface area contributed by atoms with E-state index in [0.717, 1.165) is 18.5 Å². The molecule has 0 unspecified atom stereocenters. The van der Waals surface area contributed by atoms with Gasteiger partial charge in [0.2, 0.25) is 0 Å². The Morgan fingerprint density at radius 2 is 2.21 bits per heavy atom. The van der Waals surface area contributed by atoms with Crippen LogP contribution in [0.5, 0.6) is 0 Å². The lowest BCUT2D eigenvalue weighted by atomic mass is 10.1. The van der Waals surface area contributed by atoms with Crippen LogP contribution < -0.4 is 5.32 Å². The van der Waals surface area contributed by atoms with Gasteiger partial charge in [0.1, 0.15) is 0 Å². The van der Waals surface area contributed by atoms with E-state index in [1.807, 2.05) is 6.07 Å². The number of hydrogen-bond acceptors (Lipinski definition) is 5. The summed E-state index contributed by atoms with van der Waals surface area (Å²) in [6, 6.07) is 10.7. The van der Waals surface area contributed by atoms with E-state index in [0.29, 0.717) is 39.5 Å². The highest BCUT2D eigenvalue weighted by atomic mass is 16.5. The number of nitriles is 1. The molecule has 6 nitrogen and oxygen atoms in total. The van der Waals surface area contributed by atoms with E-state index < -0.39 is 0 Å². The van der Waals surface area contributed by atoms with Crippen LogP contribution in [0.25, 0.3) is 11.1 Å². The molecule has 0 bridgehead atoms. The number of pyridine rings is 1. The minimum Gasteiger partial charge on any atom is -0.336 e. The summed E-state index contributed by atoms with van der Waals surface area (Å²) in [5.74, 6) is 0.138. The first-order valence-corrected chi connectivity index (χ1v) is 7.74. The maximum atomic E-state index is 12.8. The van der Waals surface area contributed by atoms with Gasteiger partial charge in [0.25, 0.3) is 11.6 Å². The molecule has 2 heterocycles. The van der Waals surface area contributed by atoms with Crippen LogP contribution in [0.3, 0.4) is 0 Å². The third kappa shape index (κ3) is 2.50. The molecular weight excluding hydrogens is 304 g/mol. The molecule has 1 aliphatic carbocycles. The zero-order chi connectivity index (χ0) is 16.7. The molecule has 3 aromatic rings. The highest BCUT2D eigenvalue weighted by Gasteiger charge is 2.28. The zero-order valence-corrected chi connectivity index (χ0v) is 13.0. The Morgan fingerprint density at radius 3 is 2.96 bits per heavy atom. The number of nitrogens with one attached hydrogen (secondary N) is 1. The Hall–Kier alpha value is -3.20. The van der Waals surface area contributed by atoms with Crippen LogP contribution in [-0.2, 0) is 0 Å². The van der Waals surface area contributed by atoms with Crippen LogP contribution in [0.1, 0.15) is 46.1 Å². The number of hydrogen-bond donors (Lipinski definition) is 1. The average molecular weight is 318 g/mol. The van der Waals surface area contributed by atoms with Crippen molar-refractivity contribution in [1.29, 1.82) is 5.26 Å². The summed E-state index contributed by atoms with van der Waals surface area (Å²) in [4.78, 5) is 17.3. The molecule has 0 aliphatic heterocycles. The third-order valence-electron chi connectivity index (χ3n) is 4.13. The van der Waals surface area contributed by atoms with E-state index in [1.54, 1.807) is 31.2 Å². The monoisotopic (exact) mass is 318 g/mol. The van der Waals surface area contributed by atoms with Gasteiger partial charge < -0.3 is 9.84 Å². The Morgan fingerprint density at radius 1 is 1.38 bits per heavy atom. The van der Waals surface area contributed by atoms with E-state index in [2.05, 4.69) is 21.5 Å². The number of amides is 1. The molecule has 1 amide bonds. The molecule has 1 N–H and O–H groups in total. The number of anilines is 1. The number of aryl methyl sites for hydroxylation is 1. The van der Waals surface area contributed by atoms with Gasteiger partial charge in [0.15, 0.2) is 0 Å². The highest BCUT2D eigenvalue weighted by molar-refractivity contribution is 6.12. The second-order valence-electron chi connectivity index (χ2n) is 5.96. The van der Waals surface area contributed by atoms with Crippen LogP contribution >= 0.6 is 0 Å². The highest BCUT2D eigenvalue weighted by Crippen LogP contribution is 2.40. The first-order valence-electron chi connectivity index (χ1n) is 7.74. The number of carbonyl (C=O) groups excluding carboxylic acids is 1. The minimum absolute atomic E-state index is 0.259. The topological polar surface area (TPSA) is 91.8 Å².